The molecule has 0 spiro atoms. The molecule has 0 amide bonds. The Bertz CT molecular complexity index is 356. The third-order valence-corrected chi connectivity index (χ3v) is 2.68. The predicted molar refractivity (Wildman–Crippen MR) is 73.4 cm³/mol. The minimum absolute atomic E-state index is 0.0182. The third-order valence-electron chi connectivity index (χ3n) is 2.68. The molecule has 0 radical (unpaired) electrons. The van der Waals surface area contributed by atoms with Crippen LogP contribution in [0.1, 0.15) is 12.8 Å². The average molecular weight is 267 g/mol. The fourth-order valence-electron chi connectivity index (χ4n) is 1.77. The van der Waals surface area contributed by atoms with Crippen molar-refractivity contribution in [3.05, 3.63) is 30.3 Å². The summed E-state index contributed by atoms with van der Waals surface area (Å²) in [5.41, 5.74) is 1.06. The number of carboxylic acids is 1. The van der Waals surface area contributed by atoms with Gasteiger partial charge in [0.2, 0.25) is 0 Å². The summed E-state index contributed by atoms with van der Waals surface area (Å²) in [4.78, 5) is 12.6. The van der Waals surface area contributed by atoms with Crippen LogP contribution < -0.4 is 4.90 Å². The molecule has 1 aromatic rings. The summed E-state index contributed by atoms with van der Waals surface area (Å²) in [7, 11) is 0. The molecule has 106 valence electrons. The van der Waals surface area contributed by atoms with E-state index in [2.05, 4.69) is 4.90 Å². The smallest absolute Gasteiger partial charge is 0.303 e. The van der Waals surface area contributed by atoms with Gasteiger partial charge in [0.1, 0.15) is 0 Å². The zero-order valence-electron chi connectivity index (χ0n) is 11.0. The van der Waals surface area contributed by atoms with E-state index in [0.717, 1.165) is 5.69 Å². The van der Waals surface area contributed by atoms with Crippen LogP contribution in [0.2, 0.25) is 0 Å². The van der Waals surface area contributed by atoms with Crippen molar-refractivity contribution in [1.82, 2.24) is 0 Å². The maximum atomic E-state index is 10.5. The van der Waals surface area contributed by atoms with Crippen LogP contribution in [0.25, 0.3) is 0 Å². The minimum Gasteiger partial charge on any atom is -0.481 e. The van der Waals surface area contributed by atoms with Crippen LogP contribution in [0.3, 0.4) is 0 Å². The molecule has 0 fully saturated rings. The van der Waals surface area contributed by atoms with Gasteiger partial charge in [0.05, 0.1) is 19.8 Å². The standard InChI is InChI=1S/C14H21NO4/c16-10-12-19-11-9-15(8-4-7-14(17)18)13-5-2-1-3-6-13/h1-3,5-6,16H,4,7-12H2,(H,17,18). The lowest BCUT2D eigenvalue weighted by Crippen LogP contribution is -2.29. The lowest BCUT2D eigenvalue weighted by atomic mass is 10.2. The lowest BCUT2D eigenvalue weighted by Gasteiger charge is -2.24. The quantitative estimate of drug-likeness (QED) is 0.626. The summed E-state index contributed by atoms with van der Waals surface area (Å²) in [6.45, 7) is 2.23. The van der Waals surface area contributed by atoms with Crippen molar-refractivity contribution in [3.8, 4) is 0 Å². The van der Waals surface area contributed by atoms with E-state index < -0.39 is 5.97 Å². The summed E-state index contributed by atoms with van der Waals surface area (Å²) < 4.78 is 5.25. The third kappa shape index (κ3) is 6.79. The van der Waals surface area contributed by atoms with E-state index in [1.165, 1.54) is 0 Å². The Kier molecular flexibility index (Phi) is 7.62. The molecule has 0 unspecified atom stereocenters. The highest BCUT2D eigenvalue weighted by Gasteiger charge is 2.07. The van der Waals surface area contributed by atoms with Gasteiger partial charge in [0.15, 0.2) is 0 Å². The molecule has 0 aliphatic carbocycles. The Balaban J connectivity index is 2.45. The number of aliphatic hydroxyl groups is 1. The second-order valence-electron chi connectivity index (χ2n) is 4.16. The van der Waals surface area contributed by atoms with Crippen molar-refractivity contribution in [3.63, 3.8) is 0 Å². The molecular formula is C14H21NO4. The first kappa shape index (κ1) is 15.5. The van der Waals surface area contributed by atoms with Crippen LogP contribution in [0.4, 0.5) is 5.69 Å². The van der Waals surface area contributed by atoms with Crippen LogP contribution in [0, 0.1) is 0 Å². The molecule has 1 rings (SSSR count). The maximum absolute atomic E-state index is 10.5. The molecule has 0 aliphatic heterocycles. The van der Waals surface area contributed by atoms with Gasteiger partial charge in [-0.25, -0.2) is 0 Å². The van der Waals surface area contributed by atoms with E-state index in [4.69, 9.17) is 14.9 Å². The number of para-hydroxylation sites is 1. The highest BCUT2D eigenvalue weighted by atomic mass is 16.5. The van der Waals surface area contributed by atoms with Gasteiger partial charge in [0.25, 0.3) is 0 Å². The molecule has 0 aliphatic rings. The monoisotopic (exact) mass is 267 g/mol. The molecule has 0 atom stereocenters. The van der Waals surface area contributed by atoms with E-state index in [1.54, 1.807) is 0 Å². The van der Waals surface area contributed by atoms with Crippen LogP contribution in [0.15, 0.2) is 30.3 Å². The number of aliphatic hydroxyl groups excluding tert-OH is 1. The highest BCUT2D eigenvalue weighted by Crippen LogP contribution is 2.13. The molecule has 0 aromatic heterocycles. The fourth-order valence-corrected chi connectivity index (χ4v) is 1.77. The number of hydrogen-bond acceptors (Lipinski definition) is 4. The van der Waals surface area contributed by atoms with E-state index in [1.807, 2.05) is 30.3 Å². The molecule has 0 heterocycles. The maximum Gasteiger partial charge on any atom is 0.303 e. The Hall–Kier alpha value is -1.59. The Labute approximate surface area is 113 Å². The van der Waals surface area contributed by atoms with Gasteiger partial charge in [0, 0.05) is 25.2 Å². The highest BCUT2D eigenvalue weighted by molar-refractivity contribution is 5.66. The molecular weight excluding hydrogens is 246 g/mol. The first-order valence-electron chi connectivity index (χ1n) is 6.44. The molecule has 0 saturated carbocycles. The number of anilines is 1. The average Bonchev–Trinajstić information content (AvgIpc) is 2.42. The van der Waals surface area contributed by atoms with Crippen molar-refractivity contribution in [1.29, 1.82) is 0 Å². The van der Waals surface area contributed by atoms with Crippen molar-refractivity contribution < 1.29 is 19.7 Å². The largest absolute Gasteiger partial charge is 0.481 e. The molecule has 2 N–H and O–H groups in total. The van der Waals surface area contributed by atoms with Gasteiger partial charge in [-0.3, -0.25) is 4.79 Å². The van der Waals surface area contributed by atoms with Crippen molar-refractivity contribution in [2.24, 2.45) is 0 Å². The predicted octanol–water partition coefficient (Wildman–Crippen LogP) is 1.37. The minimum atomic E-state index is -0.774. The molecule has 5 nitrogen and oxygen atoms in total. The van der Waals surface area contributed by atoms with Gasteiger partial charge < -0.3 is 19.8 Å². The number of carbonyl (C=O) groups is 1. The normalized spacial score (nSPS) is 10.4. The number of hydrogen-bond donors (Lipinski definition) is 2. The van der Waals surface area contributed by atoms with Crippen LogP contribution in [-0.4, -0.2) is 49.1 Å². The van der Waals surface area contributed by atoms with E-state index in [9.17, 15) is 4.79 Å². The topological polar surface area (TPSA) is 70.0 Å². The molecule has 19 heavy (non-hydrogen) atoms. The van der Waals surface area contributed by atoms with Crippen molar-refractivity contribution in [2.45, 2.75) is 12.8 Å². The van der Waals surface area contributed by atoms with Crippen molar-refractivity contribution >= 4 is 11.7 Å². The lowest BCUT2D eigenvalue weighted by molar-refractivity contribution is -0.137. The molecule has 5 heteroatoms. The number of ether oxygens (including phenoxy) is 1. The Morgan fingerprint density at radius 3 is 2.53 bits per heavy atom. The second kappa shape index (κ2) is 9.35. The molecule has 0 saturated heterocycles. The fraction of sp³-hybridized carbons (Fsp3) is 0.500. The Morgan fingerprint density at radius 2 is 1.89 bits per heavy atom. The van der Waals surface area contributed by atoms with E-state index in [0.29, 0.717) is 32.7 Å². The molecule has 1 aromatic carbocycles. The Morgan fingerprint density at radius 1 is 1.16 bits per heavy atom. The summed E-state index contributed by atoms with van der Waals surface area (Å²) in [5.74, 6) is -0.774. The van der Waals surface area contributed by atoms with Crippen molar-refractivity contribution in [2.75, 3.05) is 37.8 Å². The summed E-state index contributed by atoms with van der Waals surface area (Å²) in [6.07, 6.45) is 0.769. The van der Waals surface area contributed by atoms with E-state index >= 15 is 0 Å². The van der Waals surface area contributed by atoms with Gasteiger partial charge in [-0.1, -0.05) is 18.2 Å². The van der Waals surface area contributed by atoms with Crippen LogP contribution in [-0.2, 0) is 9.53 Å². The van der Waals surface area contributed by atoms with Gasteiger partial charge in [-0.15, -0.1) is 0 Å². The first-order valence-corrected chi connectivity index (χ1v) is 6.44. The van der Waals surface area contributed by atoms with Gasteiger partial charge in [-0.05, 0) is 18.6 Å². The number of nitrogens with zero attached hydrogens (tertiary/aromatic N) is 1. The second-order valence-corrected chi connectivity index (χ2v) is 4.16. The van der Waals surface area contributed by atoms with Crippen LogP contribution in [0.5, 0.6) is 0 Å². The summed E-state index contributed by atoms with van der Waals surface area (Å²) in [5, 5.41) is 17.3. The first-order chi connectivity index (χ1) is 9.24. The number of carboxylic acid groups (broad SMARTS) is 1. The zero-order valence-corrected chi connectivity index (χ0v) is 11.0. The number of rotatable bonds is 10. The van der Waals surface area contributed by atoms with E-state index in [-0.39, 0.29) is 13.0 Å². The number of aliphatic carboxylic acids is 1. The number of benzene rings is 1. The molecule has 0 bridgehead atoms. The van der Waals surface area contributed by atoms with Crippen LogP contribution >= 0.6 is 0 Å². The SMILES string of the molecule is O=C(O)CCCN(CCOCCO)c1ccccc1. The summed E-state index contributed by atoms with van der Waals surface area (Å²) >= 11 is 0. The van der Waals surface area contributed by atoms with Gasteiger partial charge in [-0.2, -0.15) is 0 Å². The zero-order chi connectivity index (χ0) is 13.9. The van der Waals surface area contributed by atoms with Gasteiger partial charge >= 0.3 is 5.97 Å². The summed E-state index contributed by atoms with van der Waals surface area (Å²) in [6, 6.07) is 9.84.